The summed E-state index contributed by atoms with van der Waals surface area (Å²) in [6.07, 6.45) is 3.03. The number of nitrogens with zero attached hydrogens (tertiary/aromatic N) is 2. The molecule has 2 heterocycles. The zero-order chi connectivity index (χ0) is 16.2. The summed E-state index contributed by atoms with van der Waals surface area (Å²) in [4.78, 5) is 12.2. The predicted molar refractivity (Wildman–Crippen MR) is 80.4 cm³/mol. The van der Waals surface area contributed by atoms with Gasteiger partial charge in [-0.05, 0) is 36.4 Å². The third-order valence-corrected chi connectivity index (χ3v) is 3.34. The van der Waals surface area contributed by atoms with E-state index in [2.05, 4.69) is 0 Å². The van der Waals surface area contributed by atoms with Crippen molar-refractivity contribution < 1.29 is 18.1 Å². The van der Waals surface area contributed by atoms with Crippen LogP contribution in [0.15, 0.2) is 63.8 Å². The molecule has 118 valence electrons. The molecule has 0 aliphatic rings. The molecule has 0 amide bonds. The van der Waals surface area contributed by atoms with Crippen LogP contribution in [0.1, 0.15) is 11.5 Å². The smallest absolute Gasteiger partial charge is 0.327 e. The number of nitro groups is 1. The van der Waals surface area contributed by atoms with Crippen LogP contribution in [0.2, 0.25) is 0 Å². The van der Waals surface area contributed by atoms with Crippen molar-refractivity contribution in [2.24, 2.45) is 0 Å². The van der Waals surface area contributed by atoms with Crippen molar-refractivity contribution >= 4 is 11.4 Å². The minimum atomic E-state index is -0.878. The van der Waals surface area contributed by atoms with E-state index in [9.17, 15) is 14.5 Å². The lowest BCUT2D eigenvalue weighted by Gasteiger charge is -2.22. The summed E-state index contributed by atoms with van der Waals surface area (Å²) in [5.41, 5.74) is -0.395. The maximum absolute atomic E-state index is 13.9. The molecule has 3 aromatic rings. The number of rotatable bonds is 6. The van der Waals surface area contributed by atoms with Gasteiger partial charge in [-0.1, -0.05) is 6.07 Å². The number of para-hydroxylation sites is 1. The summed E-state index contributed by atoms with van der Waals surface area (Å²) in [5.74, 6) is 0.335. The van der Waals surface area contributed by atoms with Gasteiger partial charge in [0.2, 0.25) is 5.82 Å². The average molecular weight is 316 g/mol. The highest BCUT2D eigenvalue weighted by molar-refractivity contribution is 5.63. The van der Waals surface area contributed by atoms with E-state index in [1.54, 1.807) is 29.2 Å². The van der Waals surface area contributed by atoms with Crippen LogP contribution >= 0.6 is 0 Å². The van der Waals surface area contributed by atoms with Crippen molar-refractivity contribution in [2.75, 3.05) is 4.90 Å². The molecule has 0 fully saturated rings. The molecule has 0 saturated heterocycles. The van der Waals surface area contributed by atoms with Crippen molar-refractivity contribution in [3.8, 4) is 0 Å². The normalized spacial score (nSPS) is 10.7. The van der Waals surface area contributed by atoms with E-state index < -0.39 is 16.4 Å². The summed E-state index contributed by atoms with van der Waals surface area (Å²) >= 11 is 0. The SMILES string of the molecule is O=[N+]([O-])c1c(F)cccc1N(Cc1ccco1)Cc1ccco1. The van der Waals surface area contributed by atoms with Gasteiger partial charge in [0.25, 0.3) is 0 Å². The topological polar surface area (TPSA) is 72.7 Å². The summed E-state index contributed by atoms with van der Waals surface area (Å²) in [7, 11) is 0. The van der Waals surface area contributed by atoms with E-state index in [-0.39, 0.29) is 18.8 Å². The number of hydrogen-bond donors (Lipinski definition) is 0. The highest BCUT2D eigenvalue weighted by atomic mass is 19.1. The maximum atomic E-state index is 13.9. The molecule has 3 rings (SSSR count). The van der Waals surface area contributed by atoms with E-state index in [1.165, 1.54) is 24.7 Å². The van der Waals surface area contributed by atoms with Gasteiger partial charge < -0.3 is 13.7 Å². The van der Waals surface area contributed by atoms with E-state index in [4.69, 9.17) is 8.83 Å². The van der Waals surface area contributed by atoms with Gasteiger partial charge in [0.05, 0.1) is 30.5 Å². The molecule has 0 unspecified atom stereocenters. The number of hydrogen-bond acceptors (Lipinski definition) is 5. The van der Waals surface area contributed by atoms with Gasteiger partial charge in [0.1, 0.15) is 17.2 Å². The molecule has 0 N–H and O–H groups in total. The van der Waals surface area contributed by atoms with Gasteiger partial charge in [-0.3, -0.25) is 10.1 Å². The molecular formula is C16H13FN2O4. The van der Waals surface area contributed by atoms with Gasteiger partial charge in [-0.15, -0.1) is 0 Å². The largest absolute Gasteiger partial charge is 0.467 e. The summed E-state index contributed by atoms with van der Waals surface area (Å²) in [6.45, 7) is 0.496. The Morgan fingerprint density at radius 3 is 2.09 bits per heavy atom. The Balaban J connectivity index is 2.00. The van der Waals surface area contributed by atoms with E-state index in [1.807, 2.05) is 0 Å². The van der Waals surface area contributed by atoms with Crippen molar-refractivity contribution in [2.45, 2.75) is 13.1 Å². The first-order valence-corrected chi connectivity index (χ1v) is 6.88. The Kier molecular flexibility index (Phi) is 4.09. The molecule has 0 bridgehead atoms. The van der Waals surface area contributed by atoms with Gasteiger partial charge >= 0.3 is 5.69 Å². The number of nitro benzene ring substituents is 1. The van der Waals surface area contributed by atoms with Crippen molar-refractivity contribution in [3.63, 3.8) is 0 Å². The Labute approximate surface area is 130 Å². The molecule has 0 atom stereocenters. The zero-order valence-corrected chi connectivity index (χ0v) is 12.0. The van der Waals surface area contributed by atoms with Crippen molar-refractivity contribution in [3.05, 3.63) is 82.4 Å². The molecule has 0 aliphatic heterocycles. The van der Waals surface area contributed by atoms with Gasteiger partial charge in [-0.25, -0.2) is 0 Å². The van der Waals surface area contributed by atoms with Crippen LogP contribution in [-0.4, -0.2) is 4.92 Å². The Bertz CT molecular complexity index is 748. The first-order valence-electron chi connectivity index (χ1n) is 6.88. The van der Waals surface area contributed by atoms with Crippen LogP contribution < -0.4 is 4.90 Å². The molecule has 0 saturated carbocycles. The van der Waals surface area contributed by atoms with Gasteiger partial charge in [-0.2, -0.15) is 4.39 Å². The fraction of sp³-hybridized carbons (Fsp3) is 0.125. The monoisotopic (exact) mass is 316 g/mol. The number of furan rings is 2. The summed E-state index contributed by atoms with van der Waals surface area (Å²) < 4.78 is 24.5. The molecule has 2 aromatic heterocycles. The molecule has 6 nitrogen and oxygen atoms in total. The molecule has 7 heteroatoms. The maximum Gasteiger partial charge on any atom is 0.327 e. The third kappa shape index (κ3) is 3.23. The van der Waals surface area contributed by atoms with Crippen LogP contribution in [-0.2, 0) is 13.1 Å². The fourth-order valence-electron chi connectivity index (χ4n) is 2.35. The zero-order valence-electron chi connectivity index (χ0n) is 12.0. The van der Waals surface area contributed by atoms with Crippen LogP contribution in [0.3, 0.4) is 0 Å². The van der Waals surface area contributed by atoms with Crippen LogP contribution in [0.25, 0.3) is 0 Å². The third-order valence-electron chi connectivity index (χ3n) is 3.34. The Hall–Kier alpha value is -3.09. The lowest BCUT2D eigenvalue weighted by Crippen LogP contribution is -2.23. The first kappa shape index (κ1) is 14.8. The fourth-order valence-corrected chi connectivity index (χ4v) is 2.35. The lowest BCUT2D eigenvalue weighted by atomic mass is 10.2. The molecule has 0 aliphatic carbocycles. The van der Waals surface area contributed by atoms with Gasteiger partial charge in [0, 0.05) is 0 Å². The molecular weight excluding hydrogens is 303 g/mol. The average Bonchev–Trinajstić information content (AvgIpc) is 3.19. The van der Waals surface area contributed by atoms with Crippen LogP contribution in [0, 0.1) is 15.9 Å². The number of halogens is 1. The van der Waals surface area contributed by atoms with E-state index in [0.717, 1.165) is 6.07 Å². The lowest BCUT2D eigenvalue weighted by molar-refractivity contribution is -0.386. The molecule has 0 radical (unpaired) electrons. The second-order valence-electron chi connectivity index (χ2n) is 4.88. The Morgan fingerprint density at radius 1 is 1.00 bits per heavy atom. The Morgan fingerprint density at radius 2 is 1.61 bits per heavy atom. The molecule has 0 spiro atoms. The van der Waals surface area contributed by atoms with Gasteiger partial charge in [0.15, 0.2) is 0 Å². The summed E-state index contributed by atoms with van der Waals surface area (Å²) in [5, 5.41) is 11.2. The predicted octanol–water partition coefficient (Wildman–Crippen LogP) is 4.13. The molecule has 23 heavy (non-hydrogen) atoms. The van der Waals surface area contributed by atoms with Crippen LogP contribution in [0.4, 0.5) is 15.8 Å². The number of benzene rings is 1. The second kappa shape index (κ2) is 6.35. The minimum Gasteiger partial charge on any atom is -0.467 e. The van der Waals surface area contributed by atoms with Crippen LogP contribution in [0.5, 0.6) is 0 Å². The van der Waals surface area contributed by atoms with Crippen molar-refractivity contribution in [1.82, 2.24) is 0 Å². The van der Waals surface area contributed by atoms with E-state index >= 15 is 0 Å². The minimum absolute atomic E-state index is 0.169. The number of anilines is 1. The highest BCUT2D eigenvalue weighted by Crippen LogP contribution is 2.32. The van der Waals surface area contributed by atoms with E-state index in [0.29, 0.717) is 11.5 Å². The second-order valence-corrected chi connectivity index (χ2v) is 4.88. The standard InChI is InChI=1S/C16H13FN2O4/c17-14-6-1-7-15(16(14)19(20)21)18(10-12-4-2-8-22-12)11-13-5-3-9-23-13/h1-9H,10-11H2. The van der Waals surface area contributed by atoms with Crippen molar-refractivity contribution in [1.29, 1.82) is 0 Å². The quantitative estimate of drug-likeness (QED) is 0.505. The highest BCUT2D eigenvalue weighted by Gasteiger charge is 2.25. The first-order chi connectivity index (χ1) is 11.1. The summed E-state index contributed by atoms with van der Waals surface area (Å²) in [6, 6.07) is 11.0. The molecule has 1 aromatic carbocycles.